The fraction of sp³-hybridized carbons (Fsp3) is 0.842. The summed E-state index contributed by atoms with van der Waals surface area (Å²) in [6, 6.07) is 0.964. The van der Waals surface area contributed by atoms with E-state index in [1.807, 2.05) is 0 Å². The largest absolute Gasteiger partial charge is 0.333 e. The number of hydrogen-bond acceptors (Lipinski definition) is 1. The molecule has 21 heavy (non-hydrogen) atoms. The quantitative estimate of drug-likeness (QED) is 0.704. The average molecular weight is 285 g/mol. The van der Waals surface area contributed by atoms with Gasteiger partial charge >= 0.3 is 0 Å². The lowest BCUT2D eigenvalue weighted by atomic mass is 9.49. The smallest absolute Gasteiger partial charge is 0.223 e. The Balaban J connectivity index is 1.35. The maximum Gasteiger partial charge on any atom is 0.223 e. The second-order valence-electron chi connectivity index (χ2n) is 8.86. The van der Waals surface area contributed by atoms with Crippen molar-refractivity contribution in [3.8, 4) is 0 Å². The molecule has 2 heteroatoms. The number of carbonyl (C=O) groups excluding carboxylic acids is 1. The third kappa shape index (κ3) is 1.94. The Kier molecular flexibility index (Phi) is 2.64. The summed E-state index contributed by atoms with van der Waals surface area (Å²) in [5, 5.41) is 0. The number of amides is 1. The van der Waals surface area contributed by atoms with E-state index >= 15 is 0 Å². The normalized spacial score (nSPS) is 49.9. The molecule has 1 saturated heterocycles. The van der Waals surface area contributed by atoms with Gasteiger partial charge in [-0.05, 0) is 81.0 Å². The molecule has 2 aliphatic heterocycles. The van der Waals surface area contributed by atoms with Crippen LogP contribution in [-0.4, -0.2) is 22.9 Å². The van der Waals surface area contributed by atoms with Gasteiger partial charge in [0, 0.05) is 12.5 Å². The molecule has 2 unspecified atom stereocenters. The van der Waals surface area contributed by atoms with E-state index in [1.54, 1.807) is 0 Å². The summed E-state index contributed by atoms with van der Waals surface area (Å²) in [4.78, 5) is 15.3. The highest BCUT2D eigenvalue weighted by Gasteiger charge is 2.52. The van der Waals surface area contributed by atoms with Gasteiger partial charge in [-0.1, -0.05) is 12.2 Å². The maximum atomic E-state index is 13.0. The van der Waals surface area contributed by atoms with Crippen LogP contribution in [0.15, 0.2) is 12.2 Å². The molecular formula is C19H27NO. The van der Waals surface area contributed by atoms with Crippen molar-refractivity contribution in [2.75, 3.05) is 0 Å². The molecule has 2 heterocycles. The van der Waals surface area contributed by atoms with Crippen LogP contribution >= 0.6 is 0 Å². The van der Waals surface area contributed by atoms with Crippen molar-refractivity contribution in [3.05, 3.63) is 12.2 Å². The van der Waals surface area contributed by atoms with E-state index in [-0.39, 0.29) is 0 Å². The minimum atomic E-state index is 0.409. The van der Waals surface area contributed by atoms with E-state index in [0.717, 1.165) is 30.6 Å². The zero-order chi connectivity index (χ0) is 14.0. The molecule has 5 fully saturated rings. The van der Waals surface area contributed by atoms with Gasteiger partial charge in [0.05, 0.1) is 6.04 Å². The first-order chi connectivity index (χ1) is 10.2. The molecule has 114 valence electrons. The maximum absolute atomic E-state index is 13.0. The van der Waals surface area contributed by atoms with Crippen LogP contribution in [-0.2, 0) is 4.79 Å². The van der Waals surface area contributed by atoms with Gasteiger partial charge in [0.2, 0.25) is 5.91 Å². The van der Waals surface area contributed by atoms with Crippen LogP contribution in [0.5, 0.6) is 0 Å². The molecule has 2 nitrogen and oxygen atoms in total. The highest BCUT2D eigenvalue weighted by molar-refractivity contribution is 5.78. The summed E-state index contributed by atoms with van der Waals surface area (Å²) in [6.07, 6.45) is 17.5. The summed E-state index contributed by atoms with van der Waals surface area (Å²) in [5.74, 6) is 3.37. The molecule has 6 bridgehead atoms. The second kappa shape index (κ2) is 4.36. The Morgan fingerprint density at radius 2 is 1.71 bits per heavy atom. The van der Waals surface area contributed by atoms with Crippen molar-refractivity contribution in [2.45, 2.75) is 76.3 Å². The Bertz CT molecular complexity index is 459. The SMILES string of the molecule is O=C(CC12CC3CC(CC(C3)C1)C2)N1C2C=CCC1CC2. The van der Waals surface area contributed by atoms with Gasteiger partial charge in [-0.15, -0.1) is 0 Å². The molecule has 6 aliphatic rings. The highest BCUT2D eigenvalue weighted by atomic mass is 16.2. The Labute approximate surface area is 128 Å². The predicted octanol–water partition coefficient (Wildman–Crippen LogP) is 3.91. The minimum absolute atomic E-state index is 0.409. The highest BCUT2D eigenvalue weighted by Crippen LogP contribution is 2.61. The fourth-order valence-corrected chi connectivity index (χ4v) is 7.03. The average Bonchev–Trinajstić information content (AvgIpc) is 2.67. The molecule has 0 spiro atoms. The van der Waals surface area contributed by atoms with Crippen molar-refractivity contribution < 1.29 is 4.79 Å². The molecule has 0 aromatic rings. The molecule has 0 aromatic carbocycles. The van der Waals surface area contributed by atoms with Crippen LogP contribution < -0.4 is 0 Å². The van der Waals surface area contributed by atoms with Crippen LogP contribution in [0.1, 0.15) is 64.2 Å². The van der Waals surface area contributed by atoms with Crippen molar-refractivity contribution >= 4 is 5.91 Å². The third-order valence-electron chi connectivity index (χ3n) is 7.29. The van der Waals surface area contributed by atoms with Crippen LogP contribution in [0.25, 0.3) is 0 Å². The monoisotopic (exact) mass is 285 g/mol. The van der Waals surface area contributed by atoms with E-state index in [1.165, 1.54) is 51.4 Å². The summed E-state index contributed by atoms with van der Waals surface area (Å²) >= 11 is 0. The van der Waals surface area contributed by atoms with Gasteiger partial charge in [0.25, 0.3) is 0 Å². The molecule has 2 atom stereocenters. The summed E-state index contributed by atoms with van der Waals surface area (Å²) in [5.41, 5.74) is 0.409. The van der Waals surface area contributed by atoms with Gasteiger partial charge in [-0.3, -0.25) is 4.79 Å². The molecule has 1 amide bonds. The van der Waals surface area contributed by atoms with E-state index in [9.17, 15) is 4.79 Å². The number of nitrogens with zero attached hydrogens (tertiary/aromatic N) is 1. The Hall–Kier alpha value is -0.790. The summed E-state index contributed by atoms with van der Waals surface area (Å²) in [6.45, 7) is 0. The fourth-order valence-electron chi connectivity index (χ4n) is 7.03. The topological polar surface area (TPSA) is 20.3 Å². The molecule has 0 radical (unpaired) electrons. The molecule has 6 rings (SSSR count). The number of carbonyl (C=O) groups is 1. The van der Waals surface area contributed by atoms with Crippen molar-refractivity contribution in [1.82, 2.24) is 4.90 Å². The summed E-state index contributed by atoms with van der Waals surface area (Å²) < 4.78 is 0. The molecule has 4 saturated carbocycles. The van der Waals surface area contributed by atoms with Crippen LogP contribution in [0, 0.1) is 23.2 Å². The van der Waals surface area contributed by atoms with Crippen LogP contribution in [0.4, 0.5) is 0 Å². The lowest BCUT2D eigenvalue weighted by Gasteiger charge is -2.57. The standard InChI is InChI=1S/C19H27NO/c21-18(20-16-2-1-3-17(20)5-4-16)12-19-9-13-6-14(10-19)8-15(7-13)11-19/h1-2,13-17H,3-12H2. The van der Waals surface area contributed by atoms with Crippen molar-refractivity contribution in [1.29, 1.82) is 0 Å². The van der Waals surface area contributed by atoms with Gasteiger partial charge < -0.3 is 4.90 Å². The van der Waals surface area contributed by atoms with E-state index < -0.39 is 0 Å². The van der Waals surface area contributed by atoms with Crippen LogP contribution in [0.3, 0.4) is 0 Å². The Morgan fingerprint density at radius 3 is 2.33 bits per heavy atom. The number of hydrogen-bond donors (Lipinski definition) is 0. The van der Waals surface area contributed by atoms with Crippen molar-refractivity contribution in [2.24, 2.45) is 23.2 Å². The van der Waals surface area contributed by atoms with Gasteiger partial charge in [-0.25, -0.2) is 0 Å². The summed E-state index contributed by atoms with van der Waals surface area (Å²) in [7, 11) is 0. The van der Waals surface area contributed by atoms with Crippen molar-refractivity contribution in [3.63, 3.8) is 0 Å². The molecule has 0 N–H and O–H groups in total. The lowest BCUT2D eigenvalue weighted by molar-refractivity contribution is -0.141. The molecule has 4 aliphatic carbocycles. The lowest BCUT2D eigenvalue weighted by Crippen LogP contribution is -2.50. The first-order valence-electron chi connectivity index (χ1n) is 9.19. The van der Waals surface area contributed by atoms with E-state index in [2.05, 4.69) is 17.1 Å². The van der Waals surface area contributed by atoms with E-state index in [4.69, 9.17) is 0 Å². The van der Waals surface area contributed by atoms with Gasteiger partial charge in [-0.2, -0.15) is 0 Å². The number of fused-ring (bicyclic) bond motifs is 2. The molecular weight excluding hydrogens is 258 g/mol. The first kappa shape index (κ1) is 12.7. The number of rotatable bonds is 2. The second-order valence-corrected chi connectivity index (χ2v) is 8.86. The van der Waals surface area contributed by atoms with Gasteiger partial charge in [0.1, 0.15) is 0 Å². The molecule has 0 aromatic heterocycles. The predicted molar refractivity (Wildman–Crippen MR) is 82.6 cm³/mol. The zero-order valence-corrected chi connectivity index (χ0v) is 13.0. The van der Waals surface area contributed by atoms with E-state index in [0.29, 0.717) is 23.4 Å². The minimum Gasteiger partial charge on any atom is -0.333 e. The van der Waals surface area contributed by atoms with Crippen LogP contribution in [0.2, 0.25) is 0 Å². The zero-order valence-electron chi connectivity index (χ0n) is 13.0. The first-order valence-corrected chi connectivity index (χ1v) is 9.19. The Morgan fingerprint density at radius 1 is 1.05 bits per heavy atom. The van der Waals surface area contributed by atoms with Gasteiger partial charge in [0.15, 0.2) is 0 Å². The third-order valence-corrected chi connectivity index (χ3v) is 7.29.